The molecule has 0 saturated carbocycles. The standard InChI is InChI=1S/C13H22N2O/c1-4-6-12(3)14-8-10-15-9-5-7-11(2)13(15)16/h5,7,9,12,14H,4,6,8,10H2,1-3H3. The molecule has 3 nitrogen and oxygen atoms in total. The molecule has 0 amide bonds. The van der Waals surface area contributed by atoms with Gasteiger partial charge in [0.1, 0.15) is 0 Å². The smallest absolute Gasteiger partial charge is 0.253 e. The second kappa shape index (κ2) is 6.48. The zero-order valence-electron chi connectivity index (χ0n) is 10.5. The predicted molar refractivity (Wildman–Crippen MR) is 67.8 cm³/mol. The van der Waals surface area contributed by atoms with Crippen molar-refractivity contribution in [3.8, 4) is 0 Å². The summed E-state index contributed by atoms with van der Waals surface area (Å²) in [5.41, 5.74) is 0.927. The lowest BCUT2D eigenvalue weighted by Crippen LogP contribution is -2.32. The minimum atomic E-state index is 0.118. The van der Waals surface area contributed by atoms with Crippen LogP contribution in [0.15, 0.2) is 23.1 Å². The highest BCUT2D eigenvalue weighted by Crippen LogP contribution is 1.94. The van der Waals surface area contributed by atoms with Crippen molar-refractivity contribution >= 4 is 0 Å². The third kappa shape index (κ3) is 3.81. The van der Waals surface area contributed by atoms with Crippen LogP contribution in [0.3, 0.4) is 0 Å². The number of aryl methyl sites for hydroxylation is 1. The van der Waals surface area contributed by atoms with Crippen molar-refractivity contribution in [1.82, 2.24) is 9.88 Å². The van der Waals surface area contributed by atoms with Gasteiger partial charge in [-0.3, -0.25) is 4.79 Å². The van der Waals surface area contributed by atoms with Gasteiger partial charge in [0.05, 0.1) is 0 Å². The molecule has 0 bridgehead atoms. The first-order valence-electron chi connectivity index (χ1n) is 6.04. The van der Waals surface area contributed by atoms with Crippen LogP contribution in [-0.4, -0.2) is 17.2 Å². The van der Waals surface area contributed by atoms with E-state index in [2.05, 4.69) is 19.2 Å². The minimum Gasteiger partial charge on any atom is -0.314 e. The van der Waals surface area contributed by atoms with Gasteiger partial charge in [-0.05, 0) is 26.3 Å². The van der Waals surface area contributed by atoms with Crippen molar-refractivity contribution in [1.29, 1.82) is 0 Å². The second-order valence-corrected chi connectivity index (χ2v) is 4.33. The Kier molecular flexibility index (Phi) is 5.26. The summed E-state index contributed by atoms with van der Waals surface area (Å²) < 4.78 is 1.76. The summed E-state index contributed by atoms with van der Waals surface area (Å²) in [6.07, 6.45) is 4.22. The van der Waals surface area contributed by atoms with Crippen molar-refractivity contribution in [2.45, 2.75) is 46.2 Å². The number of nitrogens with zero attached hydrogens (tertiary/aromatic N) is 1. The zero-order chi connectivity index (χ0) is 12.0. The summed E-state index contributed by atoms with van der Waals surface area (Å²) in [6, 6.07) is 4.31. The third-order valence-electron chi connectivity index (χ3n) is 2.78. The molecule has 1 heterocycles. The molecular weight excluding hydrogens is 200 g/mol. The van der Waals surface area contributed by atoms with Crippen LogP contribution in [-0.2, 0) is 6.54 Å². The molecule has 1 unspecified atom stereocenters. The van der Waals surface area contributed by atoms with Crippen LogP contribution in [0.5, 0.6) is 0 Å². The van der Waals surface area contributed by atoms with E-state index in [1.807, 2.05) is 25.3 Å². The predicted octanol–water partition coefficient (Wildman–Crippen LogP) is 1.93. The maximum Gasteiger partial charge on any atom is 0.253 e. The molecule has 1 aromatic heterocycles. The molecule has 1 N–H and O–H groups in total. The van der Waals surface area contributed by atoms with Gasteiger partial charge in [0, 0.05) is 30.9 Å². The minimum absolute atomic E-state index is 0.118. The van der Waals surface area contributed by atoms with Crippen LogP contribution in [0, 0.1) is 6.92 Å². The van der Waals surface area contributed by atoms with E-state index in [0.717, 1.165) is 18.7 Å². The Bertz CT molecular complexity index is 370. The fourth-order valence-electron chi connectivity index (χ4n) is 1.80. The lowest BCUT2D eigenvalue weighted by atomic mass is 10.2. The maximum atomic E-state index is 11.7. The van der Waals surface area contributed by atoms with Gasteiger partial charge >= 0.3 is 0 Å². The Morgan fingerprint density at radius 1 is 1.50 bits per heavy atom. The van der Waals surface area contributed by atoms with E-state index in [0.29, 0.717) is 6.04 Å². The van der Waals surface area contributed by atoms with Gasteiger partial charge in [0.2, 0.25) is 0 Å². The van der Waals surface area contributed by atoms with Crippen LogP contribution >= 0.6 is 0 Å². The summed E-state index contributed by atoms with van der Waals surface area (Å²) >= 11 is 0. The molecule has 0 spiro atoms. The summed E-state index contributed by atoms with van der Waals surface area (Å²) in [5.74, 6) is 0. The molecule has 0 radical (unpaired) electrons. The molecule has 0 aliphatic heterocycles. The van der Waals surface area contributed by atoms with E-state index < -0.39 is 0 Å². The van der Waals surface area contributed by atoms with Crippen LogP contribution in [0.2, 0.25) is 0 Å². The second-order valence-electron chi connectivity index (χ2n) is 4.33. The SMILES string of the molecule is CCCC(C)NCCn1cccc(C)c1=O. The highest BCUT2D eigenvalue weighted by Gasteiger charge is 2.00. The van der Waals surface area contributed by atoms with E-state index in [4.69, 9.17) is 0 Å². The first-order valence-corrected chi connectivity index (χ1v) is 6.04. The van der Waals surface area contributed by atoms with Gasteiger partial charge in [-0.15, -0.1) is 0 Å². The van der Waals surface area contributed by atoms with Gasteiger partial charge in [-0.2, -0.15) is 0 Å². The van der Waals surface area contributed by atoms with Gasteiger partial charge in [0.15, 0.2) is 0 Å². The molecule has 16 heavy (non-hydrogen) atoms. The van der Waals surface area contributed by atoms with Gasteiger partial charge in [-0.1, -0.05) is 19.4 Å². The molecular formula is C13H22N2O. The molecule has 0 aliphatic rings. The van der Waals surface area contributed by atoms with Gasteiger partial charge < -0.3 is 9.88 Å². The highest BCUT2D eigenvalue weighted by atomic mass is 16.1. The number of rotatable bonds is 6. The molecule has 1 atom stereocenters. The van der Waals surface area contributed by atoms with E-state index in [1.165, 1.54) is 12.8 Å². The molecule has 0 saturated heterocycles. The Morgan fingerprint density at radius 3 is 2.94 bits per heavy atom. The van der Waals surface area contributed by atoms with Crippen LogP contribution < -0.4 is 10.9 Å². The first kappa shape index (κ1) is 13.0. The summed E-state index contributed by atoms with van der Waals surface area (Å²) in [7, 11) is 0. The molecule has 0 fully saturated rings. The Labute approximate surface area is 97.5 Å². The van der Waals surface area contributed by atoms with Gasteiger partial charge in [0.25, 0.3) is 5.56 Å². The Balaban J connectivity index is 2.43. The number of hydrogen-bond acceptors (Lipinski definition) is 2. The van der Waals surface area contributed by atoms with Crippen LogP contribution in [0.4, 0.5) is 0 Å². The van der Waals surface area contributed by atoms with E-state index in [9.17, 15) is 4.79 Å². The normalized spacial score (nSPS) is 12.7. The Morgan fingerprint density at radius 2 is 2.25 bits per heavy atom. The summed E-state index contributed by atoms with van der Waals surface area (Å²) in [6.45, 7) is 7.82. The zero-order valence-corrected chi connectivity index (χ0v) is 10.5. The average molecular weight is 222 g/mol. The lowest BCUT2D eigenvalue weighted by Gasteiger charge is -2.13. The largest absolute Gasteiger partial charge is 0.314 e. The number of aromatic nitrogens is 1. The fraction of sp³-hybridized carbons (Fsp3) is 0.615. The topological polar surface area (TPSA) is 34.0 Å². The van der Waals surface area contributed by atoms with E-state index >= 15 is 0 Å². The molecule has 1 rings (SSSR count). The summed E-state index contributed by atoms with van der Waals surface area (Å²) in [5, 5.41) is 3.42. The average Bonchev–Trinajstić information content (AvgIpc) is 2.25. The number of nitrogens with one attached hydrogen (secondary N) is 1. The molecule has 90 valence electrons. The van der Waals surface area contributed by atoms with E-state index in [1.54, 1.807) is 4.57 Å². The van der Waals surface area contributed by atoms with Crippen molar-refractivity contribution in [2.75, 3.05) is 6.54 Å². The first-order chi connectivity index (χ1) is 7.65. The van der Waals surface area contributed by atoms with Crippen molar-refractivity contribution in [3.63, 3.8) is 0 Å². The highest BCUT2D eigenvalue weighted by molar-refractivity contribution is 5.07. The third-order valence-corrected chi connectivity index (χ3v) is 2.78. The summed E-state index contributed by atoms with van der Waals surface area (Å²) in [4.78, 5) is 11.7. The quantitative estimate of drug-likeness (QED) is 0.798. The van der Waals surface area contributed by atoms with Crippen LogP contribution in [0.1, 0.15) is 32.3 Å². The molecule has 0 aromatic carbocycles. The molecule has 0 aliphatic carbocycles. The van der Waals surface area contributed by atoms with Crippen molar-refractivity contribution in [2.24, 2.45) is 0 Å². The Hall–Kier alpha value is -1.09. The molecule has 3 heteroatoms. The fourth-order valence-corrected chi connectivity index (χ4v) is 1.80. The monoisotopic (exact) mass is 222 g/mol. The van der Waals surface area contributed by atoms with Crippen LogP contribution in [0.25, 0.3) is 0 Å². The molecule has 1 aromatic rings. The van der Waals surface area contributed by atoms with E-state index in [-0.39, 0.29) is 5.56 Å². The number of pyridine rings is 1. The number of hydrogen-bond donors (Lipinski definition) is 1. The maximum absolute atomic E-state index is 11.7. The van der Waals surface area contributed by atoms with Crippen molar-refractivity contribution in [3.05, 3.63) is 34.2 Å². The van der Waals surface area contributed by atoms with Crippen molar-refractivity contribution < 1.29 is 0 Å². The lowest BCUT2D eigenvalue weighted by molar-refractivity contribution is 0.482. The van der Waals surface area contributed by atoms with Gasteiger partial charge in [-0.25, -0.2) is 0 Å².